The zero-order chi connectivity index (χ0) is 21.8. The Hall–Kier alpha value is -1.76. The lowest BCUT2D eigenvalue weighted by Crippen LogP contribution is -2.23. The fraction of sp³-hybridized carbons (Fsp3) is 0.625. The smallest absolute Gasteiger partial charge is 0.243 e. The molecular weight excluding hydrogens is 408 g/mol. The molecule has 0 spiro atoms. The summed E-state index contributed by atoms with van der Waals surface area (Å²) in [6.07, 6.45) is 12.1. The van der Waals surface area contributed by atoms with Crippen LogP contribution in [0.4, 0.5) is 0 Å². The molecular formula is C16H30N4O6S2. The quantitative estimate of drug-likeness (QED) is 0.326. The van der Waals surface area contributed by atoms with Gasteiger partial charge in [-0.05, 0) is 26.7 Å². The molecule has 0 fully saturated rings. The fourth-order valence-corrected chi connectivity index (χ4v) is 3.05. The summed E-state index contributed by atoms with van der Waals surface area (Å²) in [4.78, 5) is 0. The Bertz CT molecular complexity index is 814. The van der Waals surface area contributed by atoms with Crippen LogP contribution in [-0.2, 0) is 47.4 Å². The Morgan fingerprint density at radius 1 is 0.750 bits per heavy atom. The van der Waals surface area contributed by atoms with E-state index in [1.807, 2.05) is 35.6 Å². The molecule has 10 nitrogen and oxygen atoms in total. The predicted octanol–water partition coefficient (Wildman–Crippen LogP) is -0.478. The van der Waals surface area contributed by atoms with Gasteiger partial charge in [0.25, 0.3) is 0 Å². The molecule has 2 heterocycles. The van der Waals surface area contributed by atoms with Gasteiger partial charge >= 0.3 is 0 Å². The van der Waals surface area contributed by atoms with Crippen molar-refractivity contribution in [2.75, 3.05) is 11.5 Å². The van der Waals surface area contributed by atoms with E-state index in [1.54, 1.807) is 0 Å². The van der Waals surface area contributed by atoms with Crippen LogP contribution in [0.15, 0.2) is 37.4 Å². The highest BCUT2D eigenvalue weighted by atomic mass is 32.2. The van der Waals surface area contributed by atoms with E-state index in [1.165, 1.54) is 0 Å². The number of imidazole rings is 2. The lowest BCUT2D eigenvalue weighted by molar-refractivity contribution is -0.671. The molecule has 0 aromatic carbocycles. The average molecular weight is 439 g/mol. The second-order valence-electron chi connectivity index (χ2n) is 6.05. The molecule has 2 aromatic rings. The first-order chi connectivity index (χ1) is 12.9. The van der Waals surface area contributed by atoms with Gasteiger partial charge in [0, 0.05) is 11.5 Å². The first kappa shape index (κ1) is 26.2. The fourth-order valence-electron chi connectivity index (χ4n) is 1.94. The van der Waals surface area contributed by atoms with Crippen molar-refractivity contribution in [3.05, 3.63) is 37.4 Å². The first-order valence-electron chi connectivity index (χ1n) is 8.75. The summed E-state index contributed by atoms with van der Waals surface area (Å²) in [7, 11) is -4.54. The van der Waals surface area contributed by atoms with Crippen LogP contribution in [0.25, 0.3) is 0 Å². The van der Waals surface area contributed by atoms with Crippen molar-refractivity contribution in [3.8, 4) is 0 Å². The van der Waals surface area contributed by atoms with Gasteiger partial charge in [0.1, 0.15) is 24.8 Å². The van der Waals surface area contributed by atoms with E-state index in [-0.39, 0.29) is 12.8 Å². The maximum absolute atomic E-state index is 9.97. The number of hydrogen-bond acceptors (Lipinski definition) is 6. The van der Waals surface area contributed by atoms with E-state index in [0.29, 0.717) is 0 Å². The zero-order valence-corrected chi connectivity index (χ0v) is 18.4. The third kappa shape index (κ3) is 15.3. The Morgan fingerprint density at radius 3 is 1.21 bits per heavy atom. The molecule has 2 rings (SSSR count). The van der Waals surface area contributed by atoms with Gasteiger partial charge in [0.2, 0.25) is 12.7 Å². The Labute approximate surface area is 167 Å². The minimum absolute atomic E-state index is 0.0900. The monoisotopic (exact) mass is 438 g/mol. The number of hydrogen-bond donors (Lipinski definition) is 0. The van der Waals surface area contributed by atoms with Gasteiger partial charge in [-0.3, -0.25) is 0 Å². The molecule has 28 heavy (non-hydrogen) atoms. The van der Waals surface area contributed by atoms with Crippen LogP contribution in [0.5, 0.6) is 0 Å². The van der Waals surface area contributed by atoms with Crippen LogP contribution in [0, 0.1) is 0 Å². The van der Waals surface area contributed by atoms with Gasteiger partial charge in [-0.2, -0.15) is 0 Å². The maximum atomic E-state index is 9.97. The summed E-state index contributed by atoms with van der Waals surface area (Å²) in [5.74, 6) is -1.24. The van der Waals surface area contributed by atoms with Crippen molar-refractivity contribution >= 4 is 20.2 Å². The normalized spacial score (nSPS) is 11.2. The number of aryl methyl sites for hydroxylation is 4. The Morgan fingerprint density at radius 2 is 1.07 bits per heavy atom. The second kappa shape index (κ2) is 12.6. The molecule has 0 unspecified atom stereocenters. The van der Waals surface area contributed by atoms with Crippen LogP contribution in [-0.4, -0.2) is 46.6 Å². The average Bonchev–Trinajstić information content (AvgIpc) is 3.19. The molecule has 0 aliphatic heterocycles. The summed E-state index contributed by atoms with van der Waals surface area (Å²) in [6.45, 7) is 6.36. The van der Waals surface area contributed by atoms with Crippen LogP contribution >= 0.6 is 0 Å². The van der Waals surface area contributed by atoms with E-state index in [0.717, 1.165) is 13.1 Å². The van der Waals surface area contributed by atoms with Crippen molar-refractivity contribution in [3.63, 3.8) is 0 Å². The molecule has 0 N–H and O–H groups in total. The number of rotatable bonds is 7. The minimum Gasteiger partial charge on any atom is -0.748 e. The molecule has 0 radical (unpaired) electrons. The van der Waals surface area contributed by atoms with Crippen LogP contribution in [0.3, 0.4) is 0 Å². The van der Waals surface area contributed by atoms with Gasteiger partial charge in [-0.1, -0.05) is 0 Å². The highest BCUT2D eigenvalue weighted by Gasteiger charge is 1.98. The second-order valence-corrected chi connectivity index (χ2v) is 9.10. The lowest BCUT2D eigenvalue weighted by Gasteiger charge is -2.07. The van der Waals surface area contributed by atoms with E-state index in [4.69, 9.17) is 0 Å². The topological polar surface area (TPSA) is 132 Å². The zero-order valence-electron chi connectivity index (χ0n) is 16.8. The molecule has 0 atom stereocenters. The van der Waals surface area contributed by atoms with Crippen LogP contribution in [0.1, 0.15) is 26.7 Å². The van der Waals surface area contributed by atoms with Gasteiger partial charge in [0.15, 0.2) is 0 Å². The van der Waals surface area contributed by atoms with E-state index < -0.39 is 31.7 Å². The minimum atomic E-state index is -4.29. The summed E-state index contributed by atoms with van der Waals surface area (Å²) in [6, 6.07) is 0. The summed E-state index contributed by atoms with van der Waals surface area (Å²) < 4.78 is 68.1. The molecule has 162 valence electrons. The third-order valence-electron chi connectivity index (χ3n) is 3.42. The highest BCUT2D eigenvalue weighted by molar-refractivity contribution is 7.86. The van der Waals surface area contributed by atoms with Crippen molar-refractivity contribution in [1.29, 1.82) is 0 Å². The SMILES string of the molecule is CCn1cc[n+](C)c1.CCn1cc[n+](C)c1.O=S(=O)([O-])CCCCS(=O)(=O)[O-]. The van der Waals surface area contributed by atoms with Gasteiger partial charge in [0.05, 0.1) is 47.4 Å². The van der Waals surface area contributed by atoms with Crippen LogP contribution < -0.4 is 9.13 Å². The lowest BCUT2D eigenvalue weighted by atomic mass is 10.4. The first-order valence-corrected chi connectivity index (χ1v) is 11.9. The number of aromatic nitrogens is 4. The Kier molecular flexibility index (Phi) is 11.9. The van der Waals surface area contributed by atoms with Crippen molar-refractivity contribution in [2.24, 2.45) is 14.1 Å². The van der Waals surface area contributed by atoms with E-state index >= 15 is 0 Å². The van der Waals surface area contributed by atoms with Crippen molar-refractivity contribution in [2.45, 2.75) is 39.8 Å². The highest BCUT2D eigenvalue weighted by Crippen LogP contribution is 1.96. The molecule has 0 saturated carbocycles. The number of unbranched alkanes of at least 4 members (excludes halogenated alkanes) is 1. The molecule has 0 aliphatic rings. The van der Waals surface area contributed by atoms with E-state index in [2.05, 4.69) is 48.0 Å². The summed E-state index contributed by atoms with van der Waals surface area (Å²) >= 11 is 0. The number of nitrogens with zero attached hydrogens (tertiary/aromatic N) is 4. The summed E-state index contributed by atoms with van der Waals surface area (Å²) in [5.41, 5.74) is 0. The van der Waals surface area contributed by atoms with Crippen molar-refractivity contribution < 1.29 is 35.1 Å². The largest absolute Gasteiger partial charge is 0.748 e. The summed E-state index contributed by atoms with van der Waals surface area (Å²) in [5, 5.41) is 0. The Balaban J connectivity index is 0.000000402. The van der Waals surface area contributed by atoms with Crippen LogP contribution in [0.2, 0.25) is 0 Å². The van der Waals surface area contributed by atoms with Gasteiger partial charge in [-0.15, -0.1) is 0 Å². The molecule has 0 aliphatic carbocycles. The molecule has 0 bridgehead atoms. The third-order valence-corrected chi connectivity index (χ3v) is 4.99. The van der Waals surface area contributed by atoms with E-state index in [9.17, 15) is 25.9 Å². The molecule has 2 aromatic heterocycles. The van der Waals surface area contributed by atoms with Gasteiger partial charge in [-0.25, -0.2) is 35.1 Å². The maximum Gasteiger partial charge on any atom is 0.243 e. The van der Waals surface area contributed by atoms with Crippen molar-refractivity contribution in [1.82, 2.24) is 9.13 Å². The molecule has 0 saturated heterocycles. The predicted molar refractivity (Wildman–Crippen MR) is 101 cm³/mol. The standard InChI is InChI=1S/2C6H11N2.C4H10O6S2/c2*1-3-8-5-4-7(2)6-8;5-11(6,7)3-1-2-4-12(8,9)10/h2*4-6H,3H2,1-2H3;1-4H2,(H,5,6,7)(H,8,9,10)/q2*+1;/p-2. The molecule has 12 heteroatoms. The molecule has 0 amide bonds. The van der Waals surface area contributed by atoms with Gasteiger partial charge < -0.3 is 9.11 Å².